The van der Waals surface area contributed by atoms with Crippen LogP contribution in [-0.4, -0.2) is 34.0 Å². The van der Waals surface area contributed by atoms with E-state index in [1.807, 2.05) is 31.3 Å². The Morgan fingerprint density at radius 3 is 3.07 bits per heavy atom. The molecular formula is C21H21ClN4O. The molecule has 0 N–H and O–H groups in total. The highest BCUT2D eigenvalue weighted by atomic mass is 35.5. The number of aryl methyl sites for hydroxylation is 1. The van der Waals surface area contributed by atoms with E-state index < -0.39 is 0 Å². The number of nitrogens with zero attached hydrogens (tertiary/aromatic N) is 4. The maximum absolute atomic E-state index is 5.72. The Hall–Kier alpha value is -2.66. The van der Waals surface area contributed by atoms with Crippen LogP contribution in [-0.2, 0) is 13.0 Å². The number of benzene rings is 1. The van der Waals surface area contributed by atoms with Crippen LogP contribution in [0.2, 0.25) is 0 Å². The number of fused-ring (bicyclic) bond motifs is 2. The lowest BCUT2D eigenvalue weighted by atomic mass is 9.97. The lowest BCUT2D eigenvalue weighted by Crippen LogP contribution is -1.98. The van der Waals surface area contributed by atoms with Gasteiger partial charge in [0, 0.05) is 35.5 Å². The van der Waals surface area contributed by atoms with Crippen LogP contribution in [0.3, 0.4) is 0 Å². The highest BCUT2D eigenvalue weighted by molar-refractivity contribution is 6.18. The Balaban J connectivity index is 1.91. The zero-order valence-corrected chi connectivity index (χ0v) is 16.0. The number of aromatic nitrogens is 3. The average molecular weight is 381 g/mol. The fourth-order valence-corrected chi connectivity index (χ4v) is 3.77. The van der Waals surface area contributed by atoms with Crippen molar-refractivity contribution in [2.45, 2.75) is 26.3 Å². The third-order valence-electron chi connectivity index (χ3n) is 4.86. The van der Waals surface area contributed by atoms with Gasteiger partial charge in [0.25, 0.3) is 0 Å². The fourth-order valence-electron chi connectivity index (χ4n) is 3.69. The third-order valence-corrected chi connectivity index (χ3v) is 5.01. The van der Waals surface area contributed by atoms with E-state index in [0.29, 0.717) is 12.5 Å². The molecule has 4 rings (SSSR count). The topological polar surface area (TPSA) is 52.3 Å². The third kappa shape index (κ3) is 3.12. The number of hydrogen-bond acceptors (Lipinski definition) is 4. The summed E-state index contributed by atoms with van der Waals surface area (Å²) in [7, 11) is 0. The van der Waals surface area contributed by atoms with Gasteiger partial charge in [-0.25, -0.2) is 0 Å². The highest BCUT2D eigenvalue weighted by Crippen LogP contribution is 2.39. The lowest BCUT2D eigenvalue weighted by Gasteiger charge is -2.10. The predicted octanol–water partition coefficient (Wildman–Crippen LogP) is 4.72. The molecule has 0 radical (unpaired) electrons. The molecule has 0 saturated heterocycles. The Morgan fingerprint density at radius 2 is 2.30 bits per heavy atom. The smallest absolute Gasteiger partial charge is 0.121 e. The molecule has 5 nitrogen and oxygen atoms in total. The average Bonchev–Trinajstić information content (AvgIpc) is 3.28. The molecule has 138 valence electrons. The number of rotatable bonds is 6. The summed E-state index contributed by atoms with van der Waals surface area (Å²) in [6, 6.07) is 8.03. The summed E-state index contributed by atoms with van der Waals surface area (Å²) in [5.41, 5.74) is 6.08. The van der Waals surface area contributed by atoms with Crippen molar-refractivity contribution in [1.82, 2.24) is 14.8 Å². The number of hydrogen-bond donors (Lipinski definition) is 0. The first-order valence-corrected chi connectivity index (χ1v) is 9.61. The molecule has 1 aromatic carbocycles. The van der Waals surface area contributed by atoms with E-state index in [-0.39, 0.29) is 0 Å². The molecule has 0 unspecified atom stereocenters. The molecule has 27 heavy (non-hydrogen) atoms. The molecule has 0 fully saturated rings. The number of aliphatic imine (C=N–C) groups is 1. The molecule has 0 aliphatic carbocycles. The second-order valence-corrected chi connectivity index (χ2v) is 6.78. The minimum absolute atomic E-state index is 0.456. The van der Waals surface area contributed by atoms with E-state index in [4.69, 9.17) is 21.4 Å². The van der Waals surface area contributed by atoms with Crippen LogP contribution in [0.4, 0.5) is 0 Å². The Bertz CT molecular complexity index is 1040. The summed E-state index contributed by atoms with van der Waals surface area (Å²) >= 11 is 5.72. The van der Waals surface area contributed by atoms with Crippen LogP contribution in [0.25, 0.3) is 27.7 Å². The summed E-state index contributed by atoms with van der Waals surface area (Å²) in [6.07, 6.45) is 5.91. The zero-order chi connectivity index (χ0) is 18.8. The maximum Gasteiger partial charge on any atom is 0.121 e. The van der Waals surface area contributed by atoms with Gasteiger partial charge in [-0.2, -0.15) is 5.10 Å². The Kier molecular flexibility index (Phi) is 4.94. The van der Waals surface area contributed by atoms with Gasteiger partial charge in [-0.15, -0.1) is 11.6 Å². The van der Waals surface area contributed by atoms with Gasteiger partial charge in [-0.05, 0) is 50.2 Å². The van der Waals surface area contributed by atoms with E-state index in [9.17, 15) is 0 Å². The Labute approximate surface area is 163 Å². The number of pyridine rings is 1. The number of alkyl halides is 1. The van der Waals surface area contributed by atoms with Gasteiger partial charge < -0.3 is 4.74 Å². The minimum Gasteiger partial charge on any atom is -0.492 e. The highest BCUT2D eigenvalue weighted by Gasteiger charge is 2.25. The summed E-state index contributed by atoms with van der Waals surface area (Å²) in [4.78, 5) is 8.73. The van der Waals surface area contributed by atoms with Gasteiger partial charge in [0.1, 0.15) is 18.1 Å². The van der Waals surface area contributed by atoms with Crippen molar-refractivity contribution < 1.29 is 4.74 Å². The minimum atomic E-state index is 0.456. The van der Waals surface area contributed by atoms with Crippen LogP contribution in [0.15, 0.2) is 41.5 Å². The van der Waals surface area contributed by atoms with Gasteiger partial charge in [0.15, 0.2) is 0 Å². The van der Waals surface area contributed by atoms with Crippen LogP contribution in [0.1, 0.15) is 24.7 Å². The molecule has 0 saturated carbocycles. The van der Waals surface area contributed by atoms with Crippen molar-refractivity contribution in [1.29, 1.82) is 0 Å². The molecule has 3 heterocycles. The van der Waals surface area contributed by atoms with Gasteiger partial charge in [0.05, 0.1) is 17.1 Å². The fraction of sp³-hybridized carbons (Fsp3) is 0.286. The maximum atomic E-state index is 5.72. The van der Waals surface area contributed by atoms with Crippen LogP contribution in [0.5, 0.6) is 5.75 Å². The Morgan fingerprint density at radius 1 is 1.41 bits per heavy atom. The van der Waals surface area contributed by atoms with Crippen molar-refractivity contribution in [2.24, 2.45) is 4.99 Å². The van der Waals surface area contributed by atoms with Gasteiger partial charge in [0.2, 0.25) is 0 Å². The van der Waals surface area contributed by atoms with Gasteiger partial charge in [-0.1, -0.05) is 6.08 Å². The van der Waals surface area contributed by atoms with Crippen molar-refractivity contribution >= 4 is 34.9 Å². The number of halogens is 1. The van der Waals surface area contributed by atoms with E-state index >= 15 is 0 Å². The molecule has 3 aromatic rings. The second kappa shape index (κ2) is 7.53. The van der Waals surface area contributed by atoms with Gasteiger partial charge in [-0.3, -0.25) is 14.7 Å². The first-order chi connectivity index (χ1) is 13.3. The van der Waals surface area contributed by atoms with Crippen LogP contribution >= 0.6 is 11.6 Å². The zero-order valence-electron chi connectivity index (χ0n) is 15.3. The molecule has 0 atom stereocenters. The molecule has 1 aliphatic rings. The molecule has 6 heteroatoms. The van der Waals surface area contributed by atoms with E-state index in [1.54, 1.807) is 0 Å². The van der Waals surface area contributed by atoms with Crippen molar-refractivity contribution in [3.8, 4) is 16.9 Å². The van der Waals surface area contributed by atoms with Crippen molar-refractivity contribution in [3.05, 3.63) is 47.9 Å². The van der Waals surface area contributed by atoms with Crippen molar-refractivity contribution in [2.75, 3.05) is 12.5 Å². The first-order valence-electron chi connectivity index (χ1n) is 9.07. The monoisotopic (exact) mass is 380 g/mol. The number of ether oxygens (including phenoxy) is 1. The largest absolute Gasteiger partial charge is 0.492 e. The molecular weight excluding hydrogens is 360 g/mol. The van der Waals surface area contributed by atoms with Crippen molar-refractivity contribution in [3.63, 3.8) is 0 Å². The second-order valence-electron chi connectivity index (χ2n) is 6.40. The van der Waals surface area contributed by atoms with Crippen LogP contribution < -0.4 is 4.74 Å². The lowest BCUT2D eigenvalue weighted by molar-refractivity contribution is 0.343. The standard InChI is InChI=1S/C21H21ClN4O/c1-3-17(23-2)21-20(19-5-4-11-26(19)25-21)16-8-10-24-18-13-14(27-12-9-22)6-7-15(16)18/h3,6-8,10,13H,2,4-5,9,11-12H2,1H3. The quantitative estimate of drug-likeness (QED) is 0.459. The van der Waals surface area contributed by atoms with E-state index in [0.717, 1.165) is 58.6 Å². The summed E-state index contributed by atoms with van der Waals surface area (Å²) in [5.74, 6) is 1.23. The summed E-state index contributed by atoms with van der Waals surface area (Å²) < 4.78 is 7.74. The molecule has 0 bridgehead atoms. The van der Waals surface area contributed by atoms with E-state index in [1.165, 1.54) is 5.69 Å². The molecule has 0 spiro atoms. The normalized spacial score (nSPS) is 13.8. The first kappa shape index (κ1) is 17.7. The predicted molar refractivity (Wildman–Crippen MR) is 111 cm³/mol. The molecule has 1 aliphatic heterocycles. The van der Waals surface area contributed by atoms with Crippen LogP contribution in [0, 0.1) is 0 Å². The molecule has 2 aromatic heterocycles. The SMILES string of the molecule is C=NC(=CC)c1nn2c(c1-c1ccnc3cc(OCCCl)ccc13)CCC2. The molecule has 0 amide bonds. The summed E-state index contributed by atoms with van der Waals surface area (Å²) in [6.45, 7) is 7.10. The van der Waals surface area contributed by atoms with Gasteiger partial charge >= 0.3 is 0 Å². The van der Waals surface area contributed by atoms with E-state index in [2.05, 4.69) is 33.5 Å². The number of allylic oxidation sites excluding steroid dienone is 1. The summed E-state index contributed by atoms with van der Waals surface area (Å²) in [5, 5.41) is 5.90.